The lowest BCUT2D eigenvalue weighted by atomic mass is 10.1. The number of aromatic nitrogens is 2. The fourth-order valence-electron chi connectivity index (χ4n) is 3.43. The van der Waals surface area contributed by atoms with Crippen LogP contribution < -0.4 is 10.6 Å². The Bertz CT molecular complexity index is 857. The van der Waals surface area contributed by atoms with E-state index in [2.05, 4.69) is 20.8 Å². The quantitative estimate of drug-likeness (QED) is 0.612. The van der Waals surface area contributed by atoms with E-state index >= 15 is 0 Å². The minimum absolute atomic E-state index is 0.0375. The number of carbonyl (C=O) groups excluding carboxylic acids is 3. The fraction of sp³-hybridized carbons (Fsp3) is 0.500. The van der Waals surface area contributed by atoms with Gasteiger partial charge >= 0.3 is 6.09 Å². The molecule has 0 unspecified atom stereocenters. The number of para-hydroxylation sites is 1. The SMILES string of the molecule is CCOC(=O)N1CCC(NC(=O)CCCNC(=O)c2cccc3cn[nH]c23)CC1. The van der Waals surface area contributed by atoms with Gasteiger partial charge in [-0.15, -0.1) is 0 Å². The first-order valence-corrected chi connectivity index (χ1v) is 10.00. The van der Waals surface area contributed by atoms with Gasteiger partial charge in [-0.25, -0.2) is 4.79 Å². The van der Waals surface area contributed by atoms with Gasteiger partial charge < -0.3 is 20.3 Å². The van der Waals surface area contributed by atoms with Crippen molar-refractivity contribution in [3.63, 3.8) is 0 Å². The Kier molecular flexibility index (Phi) is 7.04. The summed E-state index contributed by atoms with van der Waals surface area (Å²) in [6.45, 7) is 3.73. The molecule has 1 aromatic carbocycles. The van der Waals surface area contributed by atoms with E-state index in [1.54, 1.807) is 24.1 Å². The summed E-state index contributed by atoms with van der Waals surface area (Å²) in [5, 5.41) is 13.5. The van der Waals surface area contributed by atoms with Crippen molar-refractivity contribution in [3.8, 4) is 0 Å². The monoisotopic (exact) mass is 401 g/mol. The van der Waals surface area contributed by atoms with Crippen LogP contribution in [0.3, 0.4) is 0 Å². The third-order valence-corrected chi connectivity index (χ3v) is 4.97. The van der Waals surface area contributed by atoms with Gasteiger partial charge in [0.2, 0.25) is 5.91 Å². The van der Waals surface area contributed by atoms with Gasteiger partial charge in [0, 0.05) is 37.5 Å². The first-order chi connectivity index (χ1) is 14.1. The van der Waals surface area contributed by atoms with Gasteiger partial charge in [-0.05, 0) is 32.3 Å². The summed E-state index contributed by atoms with van der Waals surface area (Å²) >= 11 is 0. The largest absolute Gasteiger partial charge is 0.450 e. The van der Waals surface area contributed by atoms with Crippen LogP contribution in [0.4, 0.5) is 4.79 Å². The van der Waals surface area contributed by atoms with Gasteiger partial charge in [-0.1, -0.05) is 12.1 Å². The Morgan fingerprint density at radius 2 is 2.07 bits per heavy atom. The summed E-state index contributed by atoms with van der Waals surface area (Å²) in [5.74, 6) is -0.226. The maximum Gasteiger partial charge on any atom is 0.409 e. The van der Waals surface area contributed by atoms with Crippen LogP contribution in [0, 0.1) is 0 Å². The molecule has 0 atom stereocenters. The molecule has 3 N–H and O–H groups in total. The van der Waals surface area contributed by atoms with Crippen LogP contribution in [0.25, 0.3) is 10.9 Å². The number of amides is 3. The maximum atomic E-state index is 12.3. The van der Waals surface area contributed by atoms with Crippen molar-refractivity contribution in [1.29, 1.82) is 0 Å². The molecule has 0 radical (unpaired) electrons. The molecule has 156 valence electrons. The zero-order chi connectivity index (χ0) is 20.6. The number of H-pyrrole nitrogens is 1. The van der Waals surface area contributed by atoms with Crippen molar-refractivity contribution in [2.24, 2.45) is 0 Å². The van der Waals surface area contributed by atoms with Crippen molar-refractivity contribution in [2.45, 2.75) is 38.6 Å². The number of benzene rings is 1. The first kappa shape index (κ1) is 20.6. The molecular formula is C20H27N5O4. The number of nitrogens with zero attached hydrogens (tertiary/aromatic N) is 2. The molecule has 2 heterocycles. The number of nitrogens with one attached hydrogen (secondary N) is 3. The average Bonchev–Trinajstić information content (AvgIpc) is 3.20. The van der Waals surface area contributed by atoms with Gasteiger partial charge in [-0.2, -0.15) is 5.10 Å². The molecule has 1 aliphatic rings. The molecule has 0 bridgehead atoms. The van der Waals surface area contributed by atoms with Crippen LogP contribution in [-0.4, -0.2) is 65.3 Å². The number of ether oxygens (including phenoxy) is 1. The second-order valence-electron chi connectivity index (χ2n) is 7.03. The van der Waals surface area contributed by atoms with E-state index < -0.39 is 0 Å². The average molecular weight is 401 g/mol. The van der Waals surface area contributed by atoms with Crippen LogP contribution in [0.1, 0.15) is 43.0 Å². The predicted molar refractivity (Wildman–Crippen MR) is 107 cm³/mol. The highest BCUT2D eigenvalue weighted by atomic mass is 16.6. The van der Waals surface area contributed by atoms with Crippen LogP contribution in [-0.2, 0) is 9.53 Å². The van der Waals surface area contributed by atoms with Crippen LogP contribution in [0.2, 0.25) is 0 Å². The molecule has 1 fully saturated rings. The zero-order valence-electron chi connectivity index (χ0n) is 16.6. The number of piperidine rings is 1. The van der Waals surface area contributed by atoms with Crippen molar-refractivity contribution >= 4 is 28.8 Å². The van der Waals surface area contributed by atoms with Crippen molar-refractivity contribution in [2.75, 3.05) is 26.2 Å². The van der Waals surface area contributed by atoms with Crippen LogP contribution in [0.5, 0.6) is 0 Å². The van der Waals surface area contributed by atoms with Gasteiger partial charge in [-0.3, -0.25) is 14.7 Å². The number of hydrogen-bond donors (Lipinski definition) is 3. The summed E-state index contributed by atoms with van der Waals surface area (Å²) in [6.07, 6.45) is 3.71. The molecule has 9 nitrogen and oxygen atoms in total. The number of rotatable bonds is 7. The minimum Gasteiger partial charge on any atom is -0.450 e. The lowest BCUT2D eigenvalue weighted by Crippen LogP contribution is -2.46. The van der Waals surface area contributed by atoms with Crippen molar-refractivity contribution < 1.29 is 19.1 Å². The second kappa shape index (κ2) is 9.90. The van der Waals surface area contributed by atoms with Crippen molar-refractivity contribution in [1.82, 2.24) is 25.7 Å². The first-order valence-electron chi connectivity index (χ1n) is 10.00. The summed E-state index contributed by atoms with van der Waals surface area (Å²) in [7, 11) is 0. The Morgan fingerprint density at radius 3 is 2.83 bits per heavy atom. The summed E-state index contributed by atoms with van der Waals surface area (Å²) in [5.41, 5.74) is 1.25. The minimum atomic E-state index is -0.293. The molecular weight excluding hydrogens is 374 g/mol. The van der Waals surface area contributed by atoms with E-state index in [-0.39, 0.29) is 23.9 Å². The molecule has 3 amide bonds. The normalized spacial score (nSPS) is 14.6. The lowest BCUT2D eigenvalue weighted by molar-refractivity contribution is -0.122. The fourth-order valence-corrected chi connectivity index (χ4v) is 3.43. The number of hydrogen-bond acceptors (Lipinski definition) is 5. The lowest BCUT2D eigenvalue weighted by Gasteiger charge is -2.31. The molecule has 1 aliphatic heterocycles. The summed E-state index contributed by atoms with van der Waals surface area (Å²) < 4.78 is 4.99. The molecule has 0 spiro atoms. The zero-order valence-corrected chi connectivity index (χ0v) is 16.6. The molecule has 3 rings (SSSR count). The molecule has 0 saturated carbocycles. The van der Waals surface area contributed by atoms with E-state index in [9.17, 15) is 14.4 Å². The third kappa shape index (κ3) is 5.46. The maximum absolute atomic E-state index is 12.3. The number of fused-ring (bicyclic) bond motifs is 1. The number of carbonyl (C=O) groups is 3. The van der Waals surface area contributed by atoms with Gasteiger partial charge in [0.1, 0.15) is 0 Å². The predicted octanol–water partition coefficient (Wildman–Crippen LogP) is 1.81. The van der Waals surface area contributed by atoms with Crippen LogP contribution >= 0.6 is 0 Å². The Labute approximate surface area is 169 Å². The smallest absolute Gasteiger partial charge is 0.409 e. The van der Waals surface area contributed by atoms with Crippen LogP contribution in [0.15, 0.2) is 24.4 Å². The van der Waals surface area contributed by atoms with E-state index in [4.69, 9.17) is 4.74 Å². The second-order valence-corrected chi connectivity index (χ2v) is 7.03. The third-order valence-electron chi connectivity index (χ3n) is 4.97. The number of aromatic amines is 1. The molecule has 1 aromatic heterocycles. The number of likely N-dealkylation sites (tertiary alicyclic amines) is 1. The molecule has 0 aliphatic carbocycles. The topological polar surface area (TPSA) is 116 Å². The molecule has 2 aromatic rings. The molecule has 9 heteroatoms. The van der Waals surface area contributed by atoms with E-state index in [1.165, 1.54) is 0 Å². The standard InChI is InChI=1S/C20H27N5O4/c1-2-29-20(28)25-11-8-15(9-12-25)23-17(26)7-4-10-21-19(27)16-6-3-5-14-13-22-24-18(14)16/h3,5-6,13,15H,2,4,7-12H2,1H3,(H,21,27)(H,22,24)(H,23,26). The van der Waals surface area contributed by atoms with E-state index in [1.807, 2.05) is 12.1 Å². The summed E-state index contributed by atoms with van der Waals surface area (Å²) in [6, 6.07) is 5.51. The summed E-state index contributed by atoms with van der Waals surface area (Å²) in [4.78, 5) is 37.9. The van der Waals surface area contributed by atoms with E-state index in [0.717, 1.165) is 18.2 Å². The van der Waals surface area contributed by atoms with Gasteiger partial charge in [0.25, 0.3) is 5.91 Å². The van der Waals surface area contributed by atoms with E-state index in [0.29, 0.717) is 50.2 Å². The Morgan fingerprint density at radius 1 is 1.28 bits per heavy atom. The molecule has 29 heavy (non-hydrogen) atoms. The Balaban J connectivity index is 1.34. The van der Waals surface area contributed by atoms with Gasteiger partial charge in [0.15, 0.2) is 0 Å². The Hall–Kier alpha value is -3.10. The highest BCUT2D eigenvalue weighted by molar-refractivity contribution is 6.05. The molecule has 1 saturated heterocycles. The van der Waals surface area contributed by atoms with Crippen molar-refractivity contribution in [3.05, 3.63) is 30.0 Å². The highest BCUT2D eigenvalue weighted by Gasteiger charge is 2.24. The highest BCUT2D eigenvalue weighted by Crippen LogP contribution is 2.15. The van der Waals surface area contributed by atoms with Gasteiger partial charge in [0.05, 0.1) is 23.9 Å².